The molecular formula is C19H20N2O. The van der Waals surface area contributed by atoms with Gasteiger partial charge in [0.15, 0.2) is 0 Å². The molecule has 0 spiro atoms. The third-order valence-corrected chi connectivity index (χ3v) is 3.93. The number of para-hydroxylation sites is 1. The number of benzene rings is 2. The molecule has 0 unspecified atom stereocenters. The Hall–Kier alpha value is -2.55. The summed E-state index contributed by atoms with van der Waals surface area (Å²) < 4.78 is 0. The van der Waals surface area contributed by atoms with Gasteiger partial charge in [-0.1, -0.05) is 48.5 Å². The molecule has 112 valence electrons. The van der Waals surface area contributed by atoms with E-state index in [2.05, 4.69) is 29.2 Å². The number of carbonyl (C=O) groups excluding carboxylic acids is 1. The highest BCUT2D eigenvalue weighted by Gasteiger charge is 2.19. The molecule has 3 heteroatoms. The number of amides is 1. The van der Waals surface area contributed by atoms with E-state index in [0.29, 0.717) is 0 Å². The Bertz CT molecular complexity index is 629. The molecule has 1 aliphatic heterocycles. The van der Waals surface area contributed by atoms with E-state index in [-0.39, 0.29) is 5.91 Å². The smallest absolute Gasteiger partial charge is 0.246 e. The predicted molar refractivity (Wildman–Crippen MR) is 90.7 cm³/mol. The molecule has 0 bridgehead atoms. The molecule has 2 aromatic carbocycles. The van der Waals surface area contributed by atoms with Crippen LogP contribution in [0.25, 0.3) is 6.08 Å². The maximum Gasteiger partial charge on any atom is 0.246 e. The standard InChI is InChI=1S/C19H20N2O/c22-19(12-11-17-7-3-1-4-8-17)21-15-13-20(14-16-21)18-9-5-2-6-10-18/h1-12H,13-16H2. The van der Waals surface area contributed by atoms with Crippen LogP contribution in [0.15, 0.2) is 66.7 Å². The van der Waals surface area contributed by atoms with Crippen molar-refractivity contribution in [3.63, 3.8) is 0 Å². The second-order valence-electron chi connectivity index (χ2n) is 5.39. The summed E-state index contributed by atoms with van der Waals surface area (Å²) in [6.45, 7) is 3.31. The van der Waals surface area contributed by atoms with Crippen LogP contribution in [0.2, 0.25) is 0 Å². The lowest BCUT2D eigenvalue weighted by molar-refractivity contribution is -0.126. The van der Waals surface area contributed by atoms with Crippen molar-refractivity contribution < 1.29 is 4.79 Å². The summed E-state index contributed by atoms with van der Waals surface area (Å²) in [5.74, 6) is 0.0940. The first-order chi connectivity index (χ1) is 10.8. The highest BCUT2D eigenvalue weighted by molar-refractivity contribution is 5.91. The molecule has 1 amide bonds. The van der Waals surface area contributed by atoms with Gasteiger partial charge in [-0.15, -0.1) is 0 Å². The minimum atomic E-state index is 0.0940. The normalized spacial score (nSPS) is 15.3. The minimum absolute atomic E-state index is 0.0940. The quantitative estimate of drug-likeness (QED) is 0.812. The number of hydrogen-bond acceptors (Lipinski definition) is 2. The zero-order chi connectivity index (χ0) is 15.2. The van der Waals surface area contributed by atoms with Gasteiger partial charge in [0.2, 0.25) is 5.91 Å². The van der Waals surface area contributed by atoms with E-state index in [1.165, 1.54) is 5.69 Å². The van der Waals surface area contributed by atoms with Gasteiger partial charge in [-0.2, -0.15) is 0 Å². The zero-order valence-corrected chi connectivity index (χ0v) is 12.6. The monoisotopic (exact) mass is 292 g/mol. The predicted octanol–water partition coefficient (Wildman–Crippen LogP) is 3.05. The van der Waals surface area contributed by atoms with E-state index >= 15 is 0 Å². The van der Waals surface area contributed by atoms with Crippen LogP contribution in [0.4, 0.5) is 5.69 Å². The number of piperazine rings is 1. The topological polar surface area (TPSA) is 23.6 Å². The lowest BCUT2D eigenvalue weighted by Crippen LogP contribution is -2.48. The van der Waals surface area contributed by atoms with Crippen molar-refractivity contribution in [1.82, 2.24) is 4.90 Å². The Kier molecular flexibility index (Phi) is 4.54. The van der Waals surface area contributed by atoms with Crippen LogP contribution in [0.5, 0.6) is 0 Å². The van der Waals surface area contributed by atoms with Crippen molar-refractivity contribution in [2.45, 2.75) is 0 Å². The molecule has 0 aliphatic carbocycles. The molecule has 1 aliphatic rings. The molecule has 2 aromatic rings. The third kappa shape index (κ3) is 3.55. The minimum Gasteiger partial charge on any atom is -0.368 e. The molecule has 3 rings (SSSR count). The van der Waals surface area contributed by atoms with Crippen molar-refractivity contribution in [1.29, 1.82) is 0 Å². The van der Waals surface area contributed by atoms with Gasteiger partial charge in [0, 0.05) is 37.9 Å². The maximum atomic E-state index is 12.2. The van der Waals surface area contributed by atoms with Crippen LogP contribution >= 0.6 is 0 Å². The van der Waals surface area contributed by atoms with Crippen LogP contribution in [-0.2, 0) is 4.79 Å². The molecule has 0 saturated carbocycles. The van der Waals surface area contributed by atoms with Crippen LogP contribution < -0.4 is 4.90 Å². The molecule has 0 aromatic heterocycles. The van der Waals surface area contributed by atoms with Crippen LogP contribution in [0, 0.1) is 0 Å². The van der Waals surface area contributed by atoms with Gasteiger partial charge < -0.3 is 9.80 Å². The second kappa shape index (κ2) is 6.94. The van der Waals surface area contributed by atoms with Crippen molar-refractivity contribution in [2.24, 2.45) is 0 Å². The van der Waals surface area contributed by atoms with Gasteiger partial charge >= 0.3 is 0 Å². The third-order valence-electron chi connectivity index (χ3n) is 3.93. The molecule has 3 nitrogen and oxygen atoms in total. The summed E-state index contributed by atoms with van der Waals surface area (Å²) in [6, 6.07) is 20.3. The lowest BCUT2D eigenvalue weighted by Gasteiger charge is -2.35. The molecule has 1 heterocycles. The fraction of sp³-hybridized carbons (Fsp3) is 0.211. The highest BCUT2D eigenvalue weighted by Crippen LogP contribution is 2.15. The molecule has 22 heavy (non-hydrogen) atoms. The SMILES string of the molecule is O=C(C=Cc1ccccc1)N1CCN(c2ccccc2)CC1. The van der Waals surface area contributed by atoms with Crippen molar-refractivity contribution in [2.75, 3.05) is 31.1 Å². The summed E-state index contributed by atoms with van der Waals surface area (Å²) in [5.41, 5.74) is 2.29. The fourth-order valence-corrected chi connectivity index (χ4v) is 2.66. The summed E-state index contributed by atoms with van der Waals surface area (Å²) >= 11 is 0. The highest BCUT2D eigenvalue weighted by atomic mass is 16.2. The number of anilines is 1. The van der Waals surface area contributed by atoms with Gasteiger partial charge in [0.25, 0.3) is 0 Å². The second-order valence-corrected chi connectivity index (χ2v) is 5.39. The molecule has 0 N–H and O–H groups in total. The fourth-order valence-electron chi connectivity index (χ4n) is 2.66. The average molecular weight is 292 g/mol. The van der Waals surface area contributed by atoms with E-state index in [1.807, 2.05) is 47.4 Å². The molecule has 1 fully saturated rings. The zero-order valence-electron chi connectivity index (χ0n) is 12.6. The summed E-state index contributed by atoms with van der Waals surface area (Å²) in [7, 11) is 0. The van der Waals surface area contributed by atoms with Gasteiger partial charge in [0.1, 0.15) is 0 Å². The average Bonchev–Trinajstić information content (AvgIpc) is 2.61. The Labute approximate surface area is 131 Å². The summed E-state index contributed by atoms with van der Waals surface area (Å²) in [5, 5.41) is 0. The number of rotatable bonds is 3. The molecule has 1 saturated heterocycles. The van der Waals surface area contributed by atoms with Crippen LogP contribution in [0.1, 0.15) is 5.56 Å². The summed E-state index contributed by atoms with van der Waals surface area (Å²) in [4.78, 5) is 16.5. The number of carbonyl (C=O) groups is 1. The van der Waals surface area contributed by atoms with E-state index in [1.54, 1.807) is 6.08 Å². The van der Waals surface area contributed by atoms with Crippen molar-refractivity contribution in [3.05, 3.63) is 72.3 Å². The number of hydrogen-bond donors (Lipinski definition) is 0. The first kappa shape index (κ1) is 14.4. The molecule has 0 atom stereocenters. The van der Waals surface area contributed by atoms with Crippen LogP contribution in [0.3, 0.4) is 0 Å². The van der Waals surface area contributed by atoms with E-state index in [9.17, 15) is 4.79 Å². The van der Waals surface area contributed by atoms with E-state index in [4.69, 9.17) is 0 Å². The van der Waals surface area contributed by atoms with E-state index < -0.39 is 0 Å². The van der Waals surface area contributed by atoms with Crippen molar-refractivity contribution in [3.8, 4) is 0 Å². The van der Waals surface area contributed by atoms with Crippen LogP contribution in [-0.4, -0.2) is 37.0 Å². The van der Waals surface area contributed by atoms with Crippen molar-refractivity contribution >= 4 is 17.7 Å². The Morgan fingerprint density at radius 1 is 0.818 bits per heavy atom. The van der Waals surface area contributed by atoms with Gasteiger partial charge in [-0.3, -0.25) is 4.79 Å². The lowest BCUT2D eigenvalue weighted by atomic mass is 10.2. The Balaban J connectivity index is 1.55. The first-order valence-corrected chi connectivity index (χ1v) is 7.65. The van der Waals surface area contributed by atoms with Gasteiger partial charge in [0.05, 0.1) is 0 Å². The van der Waals surface area contributed by atoms with E-state index in [0.717, 1.165) is 31.7 Å². The Morgan fingerprint density at radius 2 is 1.41 bits per heavy atom. The molecular weight excluding hydrogens is 272 g/mol. The molecule has 0 radical (unpaired) electrons. The van der Waals surface area contributed by atoms with Gasteiger partial charge in [-0.25, -0.2) is 0 Å². The first-order valence-electron chi connectivity index (χ1n) is 7.65. The maximum absolute atomic E-state index is 12.2. The Morgan fingerprint density at radius 3 is 2.05 bits per heavy atom. The number of nitrogens with zero attached hydrogens (tertiary/aromatic N) is 2. The summed E-state index contributed by atoms with van der Waals surface area (Å²) in [6.07, 6.45) is 3.55. The largest absolute Gasteiger partial charge is 0.368 e. The van der Waals surface area contributed by atoms with Gasteiger partial charge in [-0.05, 0) is 23.8 Å².